The molecule has 0 unspecified atom stereocenters. The van der Waals surface area contributed by atoms with Crippen molar-refractivity contribution in [3.05, 3.63) is 54.9 Å². The number of piperidine rings is 2. The number of carbonyl (C=O) groups excluding carboxylic acids is 1. The quantitative estimate of drug-likeness (QED) is 0.327. The summed E-state index contributed by atoms with van der Waals surface area (Å²) in [7, 11) is -1.45. The number of anilines is 4. The fourth-order valence-corrected chi connectivity index (χ4v) is 10.5. The van der Waals surface area contributed by atoms with Gasteiger partial charge in [-0.1, -0.05) is 12.6 Å². The number of fused-ring (bicyclic) bond motifs is 1. The van der Waals surface area contributed by atoms with Crippen LogP contribution < -0.4 is 15.1 Å². The third kappa shape index (κ3) is 6.34. The van der Waals surface area contributed by atoms with Crippen molar-refractivity contribution in [3.63, 3.8) is 0 Å². The van der Waals surface area contributed by atoms with Crippen molar-refractivity contribution >= 4 is 49.8 Å². The van der Waals surface area contributed by atoms with E-state index in [1.165, 1.54) is 13.2 Å². The lowest BCUT2D eigenvalue weighted by Gasteiger charge is -2.36. The second kappa shape index (κ2) is 13.6. The molecule has 0 aliphatic carbocycles. The molecule has 4 fully saturated rings. The second-order valence-corrected chi connectivity index (χ2v) is 15.8. The first-order valence-electron chi connectivity index (χ1n) is 17.1. The first-order chi connectivity index (χ1) is 23.3. The van der Waals surface area contributed by atoms with Crippen molar-refractivity contribution in [2.75, 3.05) is 60.7 Å². The van der Waals surface area contributed by atoms with Gasteiger partial charge < -0.3 is 24.8 Å². The highest BCUT2D eigenvalue weighted by molar-refractivity contribution is 7.92. The number of methoxy groups -OCH3 is 1. The molecule has 0 spiro atoms. The Morgan fingerprint density at radius 2 is 1.81 bits per heavy atom. The smallest absolute Gasteiger partial charge is 0.246 e. The molecule has 11 nitrogen and oxygen atoms in total. The van der Waals surface area contributed by atoms with Gasteiger partial charge in [0.2, 0.25) is 11.9 Å². The minimum atomic E-state index is -2.99. The van der Waals surface area contributed by atoms with E-state index in [4.69, 9.17) is 9.72 Å². The zero-order chi connectivity index (χ0) is 33.4. The van der Waals surface area contributed by atoms with Gasteiger partial charge in [0.15, 0.2) is 9.84 Å². The van der Waals surface area contributed by atoms with Crippen molar-refractivity contribution in [1.29, 1.82) is 0 Å². The Hall–Kier alpha value is -3.84. The maximum absolute atomic E-state index is 14.6. The molecule has 4 saturated heterocycles. The Balaban J connectivity index is 1.18. The Kier molecular flexibility index (Phi) is 9.25. The molecule has 0 saturated carbocycles. The average Bonchev–Trinajstić information content (AvgIpc) is 3.73. The highest BCUT2D eigenvalue weighted by atomic mass is 32.2. The standard InChI is InChI=1S/C35H44FN7O4S/c1-3-34(44)43-15-4-6-29(43)24-8-9-28(41-16-11-23(12-17-41)31-7-5-19-48(31,45)46)26-21-38-33(20-25(24)26)39-32-10-14-37-35(40-32)42-18-13-30(47-2)27(36)22-42/h3,8-10,14,20-21,23,27,29-31H,1,4-7,11-13,15-19,22H2,2H3,(H,37,38,39,40)/t27-,29-,30+,31-/m0/s1. The van der Waals surface area contributed by atoms with Gasteiger partial charge in [0.25, 0.3) is 0 Å². The van der Waals surface area contributed by atoms with Crippen LogP contribution >= 0.6 is 0 Å². The van der Waals surface area contributed by atoms with Crippen LogP contribution in [-0.4, -0.2) is 97.3 Å². The van der Waals surface area contributed by atoms with Crippen LogP contribution in [0.3, 0.4) is 0 Å². The Morgan fingerprint density at radius 3 is 2.54 bits per heavy atom. The van der Waals surface area contributed by atoms with Crippen LogP contribution in [0, 0.1) is 5.92 Å². The molecule has 4 aliphatic heterocycles. The molecule has 3 aromatic rings. The normalized spacial score (nSPS) is 26.2. The van der Waals surface area contributed by atoms with E-state index >= 15 is 0 Å². The molecule has 1 aromatic carbocycles. The van der Waals surface area contributed by atoms with Gasteiger partial charge in [-0.15, -0.1) is 0 Å². The van der Waals surface area contributed by atoms with Gasteiger partial charge in [0, 0.05) is 56.8 Å². The van der Waals surface area contributed by atoms with Crippen molar-refractivity contribution in [1.82, 2.24) is 19.9 Å². The number of alkyl halides is 1. The second-order valence-electron chi connectivity index (χ2n) is 13.4. The third-order valence-electron chi connectivity index (χ3n) is 10.7. The Morgan fingerprint density at radius 1 is 1.00 bits per heavy atom. The van der Waals surface area contributed by atoms with E-state index in [-0.39, 0.29) is 29.7 Å². The molecular formula is C35H44FN7O4S. The number of likely N-dealkylation sites (tertiary alicyclic amines) is 1. The summed E-state index contributed by atoms with van der Waals surface area (Å²) in [5.74, 6) is 2.02. The number of amides is 1. The molecule has 0 bridgehead atoms. The highest BCUT2D eigenvalue weighted by Crippen LogP contribution is 2.41. The first-order valence-corrected chi connectivity index (χ1v) is 18.8. The molecule has 7 rings (SSSR count). The van der Waals surface area contributed by atoms with E-state index in [0.29, 0.717) is 42.8 Å². The lowest BCUT2D eigenvalue weighted by atomic mass is 9.90. The number of carbonyl (C=O) groups is 1. The number of pyridine rings is 1. The minimum Gasteiger partial charge on any atom is -0.378 e. The Labute approximate surface area is 281 Å². The monoisotopic (exact) mass is 677 g/mol. The summed E-state index contributed by atoms with van der Waals surface area (Å²) < 4.78 is 45.2. The summed E-state index contributed by atoms with van der Waals surface area (Å²) in [6.45, 7) is 6.72. The number of halogens is 1. The number of sulfone groups is 1. The number of aromatic nitrogens is 3. The van der Waals surface area contributed by atoms with Gasteiger partial charge in [0.05, 0.1) is 29.7 Å². The van der Waals surface area contributed by atoms with Gasteiger partial charge in [0.1, 0.15) is 17.8 Å². The third-order valence-corrected chi connectivity index (χ3v) is 13.1. The van der Waals surface area contributed by atoms with Crippen LogP contribution in [0.2, 0.25) is 0 Å². The first kappa shape index (κ1) is 32.7. The summed E-state index contributed by atoms with van der Waals surface area (Å²) in [6, 6.07) is 7.96. The summed E-state index contributed by atoms with van der Waals surface area (Å²) in [4.78, 5) is 32.8. The average molecular weight is 678 g/mol. The minimum absolute atomic E-state index is 0.0790. The van der Waals surface area contributed by atoms with Crippen LogP contribution in [-0.2, 0) is 19.4 Å². The zero-order valence-electron chi connectivity index (χ0n) is 27.4. The SMILES string of the molecule is C=CC(=O)N1CCC[C@H]1c1ccc(N2CCC([C@@H]3CCCS3(=O)=O)CC2)c2cnc(Nc3ccnc(N4CC[C@@H](OC)[C@@H](F)C4)n3)cc12. The molecule has 4 aliphatic rings. The number of benzene rings is 1. The fraction of sp³-hybridized carbons (Fsp3) is 0.543. The maximum atomic E-state index is 14.6. The van der Waals surface area contributed by atoms with Gasteiger partial charge >= 0.3 is 0 Å². The number of nitrogens with one attached hydrogen (secondary N) is 1. The molecule has 256 valence electrons. The Bertz CT molecular complexity index is 1780. The summed E-state index contributed by atoms with van der Waals surface area (Å²) in [6.07, 6.45) is 8.92. The zero-order valence-corrected chi connectivity index (χ0v) is 28.2. The molecule has 0 radical (unpaired) electrons. The molecular weight excluding hydrogens is 633 g/mol. The number of rotatable bonds is 8. The van der Waals surface area contributed by atoms with E-state index < -0.39 is 22.1 Å². The predicted molar refractivity (Wildman–Crippen MR) is 185 cm³/mol. The van der Waals surface area contributed by atoms with Gasteiger partial charge in [-0.3, -0.25) is 4.79 Å². The number of hydrogen-bond donors (Lipinski definition) is 1. The lowest BCUT2D eigenvalue weighted by Crippen LogP contribution is -2.46. The number of nitrogens with zero attached hydrogens (tertiary/aromatic N) is 6. The number of ether oxygens (including phenoxy) is 1. The topological polar surface area (TPSA) is 121 Å². The molecule has 13 heteroatoms. The predicted octanol–water partition coefficient (Wildman–Crippen LogP) is 4.97. The van der Waals surface area contributed by atoms with Crippen LogP contribution in [0.15, 0.2) is 49.3 Å². The van der Waals surface area contributed by atoms with Crippen LogP contribution in [0.1, 0.15) is 56.6 Å². The van der Waals surface area contributed by atoms with E-state index in [9.17, 15) is 17.6 Å². The summed E-state index contributed by atoms with van der Waals surface area (Å²) in [5.41, 5.74) is 2.11. The molecule has 2 aromatic heterocycles. The summed E-state index contributed by atoms with van der Waals surface area (Å²) >= 11 is 0. The van der Waals surface area contributed by atoms with Crippen molar-refractivity contribution < 1.29 is 22.3 Å². The molecule has 48 heavy (non-hydrogen) atoms. The molecule has 1 amide bonds. The van der Waals surface area contributed by atoms with E-state index in [1.54, 1.807) is 12.3 Å². The largest absolute Gasteiger partial charge is 0.378 e. The van der Waals surface area contributed by atoms with Crippen molar-refractivity contribution in [2.24, 2.45) is 5.92 Å². The van der Waals surface area contributed by atoms with Gasteiger partial charge in [-0.2, -0.15) is 4.98 Å². The van der Waals surface area contributed by atoms with Gasteiger partial charge in [-0.25, -0.2) is 22.8 Å². The highest BCUT2D eigenvalue weighted by Gasteiger charge is 2.39. The van der Waals surface area contributed by atoms with Crippen molar-refractivity contribution in [3.8, 4) is 0 Å². The fourth-order valence-electron chi connectivity index (χ4n) is 8.24. The van der Waals surface area contributed by atoms with E-state index in [2.05, 4.69) is 38.9 Å². The van der Waals surface area contributed by atoms with Crippen LogP contribution in [0.4, 0.5) is 27.7 Å². The molecule has 1 N–H and O–H groups in total. The lowest BCUT2D eigenvalue weighted by molar-refractivity contribution is -0.126. The van der Waals surface area contributed by atoms with Crippen LogP contribution in [0.25, 0.3) is 10.8 Å². The van der Waals surface area contributed by atoms with E-state index in [1.807, 2.05) is 22.1 Å². The van der Waals surface area contributed by atoms with Crippen LogP contribution in [0.5, 0.6) is 0 Å². The molecule has 6 heterocycles. The summed E-state index contributed by atoms with van der Waals surface area (Å²) in [5, 5.41) is 5.12. The van der Waals surface area contributed by atoms with Crippen molar-refractivity contribution in [2.45, 2.75) is 68.5 Å². The molecule has 4 atom stereocenters. The van der Waals surface area contributed by atoms with E-state index in [0.717, 1.165) is 73.6 Å². The maximum Gasteiger partial charge on any atom is 0.246 e. The van der Waals surface area contributed by atoms with Gasteiger partial charge in [-0.05, 0) is 86.1 Å². The number of hydrogen-bond acceptors (Lipinski definition) is 10.